The van der Waals surface area contributed by atoms with Crippen LogP contribution < -0.4 is 10.6 Å². The van der Waals surface area contributed by atoms with E-state index in [2.05, 4.69) is 20.7 Å². The molecule has 1 aliphatic rings. The first-order valence-electron chi connectivity index (χ1n) is 9.63. The van der Waals surface area contributed by atoms with E-state index in [0.717, 1.165) is 48.6 Å². The van der Waals surface area contributed by atoms with Crippen molar-refractivity contribution in [3.05, 3.63) is 48.3 Å². The monoisotopic (exact) mass is 387 g/mol. The Kier molecular flexibility index (Phi) is 7.04. The highest BCUT2D eigenvalue weighted by Gasteiger charge is 2.26. The highest BCUT2D eigenvalue weighted by Crippen LogP contribution is 2.23. The molecule has 0 bridgehead atoms. The number of para-hydroxylation sites is 1. The van der Waals surface area contributed by atoms with Gasteiger partial charge in [-0.25, -0.2) is 4.68 Å². The average molecular weight is 388 g/mol. The third-order valence-corrected chi connectivity index (χ3v) is 6.70. The number of aliphatic imine (C=N–C) groups is 1. The predicted molar refractivity (Wildman–Crippen MR) is 112 cm³/mol. The third-order valence-electron chi connectivity index (χ3n) is 4.96. The number of nitrogens with zero attached hydrogens (tertiary/aromatic N) is 3. The normalized spacial score (nSPS) is 21.6. The molecule has 7 heteroatoms. The van der Waals surface area contributed by atoms with Gasteiger partial charge in [0.2, 0.25) is 0 Å². The summed E-state index contributed by atoms with van der Waals surface area (Å²) >= 11 is 0. The fourth-order valence-corrected chi connectivity index (χ4v) is 4.85. The van der Waals surface area contributed by atoms with Crippen LogP contribution in [-0.2, 0) is 17.3 Å². The van der Waals surface area contributed by atoms with Gasteiger partial charge in [-0.2, -0.15) is 5.10 Å². The summed E-state index contributed by atoms with van der Waals surface area (Å²) in [6.45, 7) is 2.66. The van der Waals surface area contributed by atoms with Crippen molar-refractivity contribution in [3.63, 3.8) is 0 Å². The SMILES string of the molecule is CCS(=O)C1CCCC(NC(=NC)NCc2cnn(-c3ccccc3)c2)C1. The van der Waals surface area contributed by atoms with E-state index in [1.165, 1.54) is 0 Å². The molecule has 146 valence electrons. The number of hydrogen-bond donors (Lipinski definition) is 2. The molecule has 6 nitrogen and oxygen atoms in total. The Hall–Kier alpha value is -2.15. The number of benzene rings is 1. The molecule has 27 heavy (non-hydrogen) atoms. The minimum atomic E-state index is -0.711. The second-order valence-corrected chi connectivity index (χ2v) is 8.86. The van der Waals surface area contributed by atoms with Crippen LogP contribution in [0.15, 0.2) is 47.7 Å². The fourth-order valence-electron chi connectivity index (χ4n) is 3.50. The summed E-state index contributed by atoms with van der Waals surface area (Å²) < 4.78 is 14.0. The molecule has 1 heterocycles. The second-order valence-electron chi connectivity index (χ2n) is 6.85. The van der Waals surface area contributed by atoms with E-state index in [-0.39, 0.29) is 0 Å². The van der Waals surface area contributed by atoms with Crippen LogP contribution in [0.5, 0.6) is 0 Å². The van der Waals surface area contributed by atoms with Gasteiger partial charge in [0.1, 0.15) is 0 Å². The maximum atomic E-state index is 12.1. The van der Waals surface area contributed by atoms with E-state index in [4.69, 9.17) is 0 Å². The van der Waals surface area contributed by atoms with Crippen LogP contribution in [0.2, 0.25) is 0 Å². The largest absolute Gasteiger partial charge is 0.354 e. The summed E-state index contributed by atoms with van der Waals surface area (Å²) in [7, 11) is 1.07. The van der Waals surface area contributed by atoms with Crippen LogP contribution in [0.25, 0.3) is 5.69 Å². The Morgan fingerprint density at radius 1 is 1.33 bits per heavy atom. The quantitative estimate of drug-likeness (QED) is 0.590. The first-order valence-corrected chi connectivity index (χ1v) is 11.0. The van der Waals surface area contributed by atoms with Crippen LogP contribution in [0.4, 0.5) is 0 Å². The molecule has 1 aliphatic carbocycles. The third kappa shape index (κ3) is 5.42. The standard InChI is InChI=1S/C20H29N5OS/c1-3-27(26)19-11-7-8-17(12-19)24-20(21-2)22-13-16-14-23-25(15-16)18-9-5-4-6-10-18/h4-6,9-10,14-15,17,19H,3,7-8,11-13H2,1-2H3,(H2,21,22,24). The molecular formula is C20H29N5OS. The zero-order valence-electron chi connectivity index (χ0n) is 16.1. The number of rotatable bonds is 6. The molecule has 0 aliphatic heterocycles. The number of aromatic nitrogens is 2. The Morgan fingerprint density at radius 3 is 2.89 bits per heavy atom. The maximum Gasteiger partial charge on any atom is 0.191 e. The molecule has 0 saturated heterocycles. The molecule has 1 saturated carbocycles. The molecule has 3 rings (SSSR count). The van der Waals surface area contributed by atoms with E-state index in [1.54, 1.807) is 7.05 Å². The maximum absolute atomic E-state index is 12.1. The first-order chi connectivity index (χ1) is 13.2. The lowest BCUT2D eigenvalue weighted by Crippen LogP contribution is -2.46. The lowest BCUT2D eigenvalue weighted by molar-refractivity contribution is 0.413. The minimum absolute atomic E-state index is 0.309. The lowest BCUT2D eigenvalue weighted by Gasteiger charge is -2.30. The molecule has 3 atom stereocenters. The molecule has 1 fully saturated rings. The van der Waals surface area contributed by atoms with Crippen molar-refractivity contribution in [2.45, 2.75) is 50.4 Å². The van der Waals surface area contributed by atoms with Gasteiger partial charge in [-0.05, 0) is 31.4 Å². The van der Waals surface area contributed by atoms with Crippen LogP contribution in [-0.4, -0.2) is 44.0 Å². The Balaban J connectivity index is 1.52. The molecule has 2 aromatic rings. The molecule has 0 radical (unpaired) electrons. The molecule has 0 amide bonds. The molecule has 1 aromatic heterocycles. The van der Waals surface area contributed by atoms with Gasteiger partial charge in [0.05, 0.1) is 11.9 Å². The van der Waals surface area contributed by atoms with Gasteiger partial charge in [-0.15, -0.1) is 0 Å². The van der Waals surface area contributed by atoms with Crippen molar-refractivity contribution < 1.29 is 4.21 Å². The molecule has 0 spiro atoms. The predicted octanol–water partition coefficient (Wildman–Crippen LogP) is 2.62. The van der Waals surface area contributed by atoms with Gasteiger partial charge >= 0.3 is 0 Å². The van der Waals surface area contributed by atoms with Crippen LogP contribution in [0.1, 0.15) is 38.2 Å². The fraction of sp³-hybridized carbons (Fsp3) is 0.500. The Labute approximate surface area is 163 Å². The van der Waals surface area contributed by atoms with Crippen LogP contribution in [0, 0.1) is 0 Å². The summed E-state index contributed by atoms with van der Waals surface area (Å²) in [5.41, 5.74) is 2.14. The van der Waals surface area contributed by atoms with Gasteiger partial charge in [0.15, 0.2) is 5.96 Å². The first kappa shape index (κ1) is 19.6. The molecule has 3 unspecified atom stereocenters. The Morgan fingerprint density at radius 2 is 2.15 bits per heavy atom. The van der Waals surface area contributed by atoms with Gasteiger partial charge in [-0.1, -0.05) is 31.5 Å². The van der Waals surface area contributed by atoms with Crippen LogP contribution >= 0.6 is 0 Å². The molecule has 2 N–H and O–H groups in total. The average Bonchev–Trinajstić information content (AvgIpc) is 3.20. The second kappa shape index (κ2) is 9.69. The zero-order valence-corrected chi connectivity index (χ0v) is 16.9. The summed E-state index contributed by atoms with van der Waals surface area (Å²) in [4.78, 5) is 4.34. The zero-order chi connectivity index (χ0) is 19.1. The van der Waals surface area contributed by atoms with Crippen molar-refractivity contribution >= 4 is 16.8 Å². The number of guanidine groups is 1. The highest BCUT2D eigenvalue weighted by atomic mass is 32.2. The van der Waals surface area contributed by atoms with E-state index >= 15 is 0 Å². The van der Waals surface area contributed by atoms with Crippen molar-refractivity contribution in [3.8, 4) is 5.69 Å². The summed E-state index contributed by atoms with van der Waals surface area (Å²) in [5, 5.41) is 11.6. The Bertz CT molecular complexity index is 774. The lowest BCUT2D eigenvalue weighted by atomic mass is 9.95. The molecule has 1 aromatic carbocycles. The number of hydrogen-bond acceptors (Lipinski definition) is 3. The van der Waals surface area contributed by atoms with E-state index in [0.29, 0.717) is 17.8 Å². The van der Waals surface area contributed by atoms with E-state index in [9.17, 15) is 4.21 Å². The number of nitrogens with one attached hydrogen (secondary N) is 2. The summed E-state index contributed by atoms with van der Waals surface area (Å²) in [6.07, 6.45) is 8.14. The summed E-state index contributed by atoms with van der Waals surface area (Å²) in [6, 6.07) is 10.4. The highest BCUT2D eigenvalue weighted by molar-refractivity contribution is 7.85. The minimum Gasteiger partial charge on any atom is -0.354 e. The molecular weight excluding hydrogens is 358 g/mol. The van der Waals surface area contributed by atoms with E-state index in [1.807, 2.05) is 54.3 Å². The van der Waals surface area contributed by atoms with Gasteiger partial charge in [-0.3, -0.25) is 9.20 Å². The van der Waals surface area contributed by atoms with Gasteiger partial charge in [0.25, 0.3) is 0 Å². The van der Waals surface area contributed by atoms with Crippen LogP contribution in [0.3, 0.4) is 0 Å². The topological polar surface area (TPSA) is 71.3 Å². The smallest absolute Gasteiger partial charge is 0.191 e. The van der Waals surface area contributed by atoms with Crippen molar-refractivity contribution in [2.24, 2.45) is 4.99 Å². The van der Waals surface area contributed by atoms with E-state index < -0.39 is 10.8 Å². The summed E-state index contributed by atoms with van der Waals surface area (Å²) in [5.74, 6) is 1.53. The van der Waals surface area contributed by atoms with Crippen molar-refractivity contribution in [2.75, 3.05) is 12.8 Å². The van der Waals surface area contributed by atoms with Gasteiger partial charge in [0, 0.05) is 53.2 Å². The van der Waals surface area contributed by atoms with Crippen molar-refractivity contribution in [1.29, 1.82) is 0 Å². The van der Waals surface area contributed by atoms with Crippen molar-refractivity contribution in [1.82, 2.24) is 20.4 Å². The van der Waals surface area contributed by atoms with Gasteiger partial charge < -0.3 is 10.6 Å².